The number of aromatic nitrogens is 1. The summed E-state index contributed by atoms with van der Waals surface area (Å²) in [6, 6.07) is 5.40. The van der Waals surface area contributed by atoms with E-state index >= 15 is 0 Å². The molecule has 37 heavy (non-hydrogen) atoms. The summed E-state index contributed by atoms with van der Waals surface area (Å²) in [6.45, 7) is 11.5. The summed E-state index contributed by atoms with van der Waals surface area (Å²) in [4.78, 5) is 16.8. The SMILES string of the molecule is CC(CCCC(C)(C)O)C1CCC2C3CC=C4CC(OC(=O)c5ccccn5)CCC4(C)C3CCC12C. The van der Waals surface area contributed by atoms with E-state index in [0.717, 1.165) is 61.7 Å². The number of carbonyl (C=O) groups is 1. The summed E-state index contributed by atoms with van der Waals surface area (Å²) in [7, 11) is 0. The molecule has 0 bridgehead atoms. The molecular formula is C33H49NO3. The van der Waals surface area contributed by atoms with E-state index < -0.39 is 5.60 Å². The average molecular weight is 508 g/mol. The van der Waals surface area contributed by atoms with Gasteiger partial charge in [-0.15, -0.1) is 0 Å². The smallest absolute Gasteiger partial charge is 0.357 e. The van der Waals surface area contributed by atoms with Crippen LogP contribution in [0, 0.1) is 40.4 Å². The van der Waals surface area contributed by atoms with E-state index in [0.29, 0.717) is 11.1 Å². The first kappa shape index (κ1) is 26.9. The third-order valence-electron chi connectivity index (χ3n) is 11.4. The Morgan fingerprint density at radius 1 is 1.16 bits per heavy atom. The van der Waals surface area contributed by atoms with E-state index in [1.165, 1.54) is 38.5 Å². The number of aliphatic hydroxyl groups is 1. The van der Waals surface area contributed by atoms with E-state index in [2.05, 4.69) is 31.8 Å². The fourth-order valence-corrected chi connectivity index (χ4v) is 9.46. The second kappa shape index (κ2) is 10.1. The Bertz CT molecular complexity index is 997. The number of hydrogen-bond acceptors (Lipinski definition) is 4. The Morgan fingerprint density at radius 3 is 2.70 bits per heavy atom. The number of rotatable bonds is 7. The van der Waals surface area contributed by atoms with E-state index in [9.17, 15) is 9.90 Å². The summed E-state index contributed by atoms with van der Waals surface area (Å²) in [6.07, 6.45) is 17.1. The lowest BCUT2D eigenvalue weighted by atomic mass is 9.47. The molecule has 0 saturated heterocycles. The highest BCUT2D eigenvalue weighted by atomic mass is 16.5. The largest absolute Gasteiger partial charge is 0.457 e. The van der Waals surface area contributed by atoms with Gasteiger partial charge in [-0.3, -0.25) is 0 Å². The van der Waals surface area contributed by atoms with E-state index in [1.54, 1.807) is 17.8 Å². The van der Waals surface area contributed by atoms with Gasteiger partial charge in [-0.1, -0.05) is 51.3 Å². The maximum absolute atomic E-state index is 12.6. The molecule has 204 valence electrons. The van der Waals surface area contributed by atoms with Crippen molar-refractivity contribution in [1.29, 1.82) is 0 Å². The van der Waals surface area contributed by atoms with Crippen LogP contribution in [0.3, 0.4) is 0 Å². The van der Waals surface area contributed by atoms with E-state index in [-0.39, 0.29) is 17.5 Å². The molecule has 1 N–H and O–H groups in total. The Kier molecular flexibility index (Phi) is 7.37. The van der Waals surface area contributed by atoms with Gasteiger partial charge in [0.1, 0.15) is 11.8 Å². The number of hydrogen-bond donors (Lipinski definition) is 1. The standard InChI is InChI=1S/C33H49NO3/c1-22(9-8-17-31(2,3)36)26-13-14-27-25-12-11-23-21-24(37-30(35)29-10-6-7-20-34-29)15-18-32(23,4)28(25)16-19-33(26,27)5/h6-7,10-11,20,22,24-28,36H,8-9,12-19,21H2,1-5H3. The van der Waals surface area contributed by atoms with E-state index in [1.807, 2.05) is 26.0 Å². The van der Waals surface area contributed by atoms with Crippen LogP contribution in [0.2, 0.25) is 0 Å². The number of pyridine rings is 1. The Balaban J connectivity index is 1.24. The highest BCUT2D eigenvalue weighted by Crippen LogP contribution is 2.67. The minimum Gasteiger partial charge on any atom is -0.457 e. The van der Waals surface area contributed by atoms with Crippen molar-refractivity contribution in [3.05, 3.63) is 41.7 Å². The number of nitrogens with zero attached hydrogens (tertiary/aromatic N) is 1. The molecule has 3 fully saturated rings. The average Bonchev–Trinajstić information content (AvgIpc) is 3.21. The van der Waals surface area contributed by atoms with Gasteiger partial charge in [0.05, 0.1) is 5.60 Å². The summed E-state index contributed by atoms with van der Waals surface area (Å²) < 4.78 is 5.93. The summed E-state index contributed by atoms with van der Waals surface area (Å²) in [5, 5.41) is 10.2. The van der Waals surface area contributed by atoms with Gasteiger partial charge in [0, 0.05) is 12.6 Å². The zero-order valence-corrected chi connectivity index (χ0v) is 23.8. The van der Waals surface area contributed by atoms with Crippen LogP contribution in [0.15, 0.2) is 36.0 Å². The predicted octanol–water partition coefficient (Wildman–Crippen LogP) is 7.76. The molecule has 1 aromatic heterocycles. The number of carbonyl (C=O) groups excluding carboxylic acids is 1. The molecule has 1 heterocycles. The molecule has 3 saturated carbocycles. The van der Waals surface area contributed by atoms with Crippen molar-refractivity contribution in [2.45, 2.75) is 117 Å². The number of allylic oxidation sites excluding steroid dienone is 1. The van der Waals surface area contributed by atoms with Crippen molar-refractivity contribution in [1.82, 2.24) is 4.98 Å². The maximum atomic E-state index is 12.6. The lowest BCUT2D eigenvalue weighted by Gasteiger charge is -2.58. The van der Waals surface area contributed by atoms with Gasteiger partial charge >= 0.3 is 5.97 Å². The Morgan fingerprint density at radius 2 is 1.97 bits per heavy atom. The summed E-state index contributed by atoms with van der Waals surface area (Å²) in [5.41, 5.74) is 2.14. The van der Waals surface area contributed by atoms with Crippen LogP contribution in [0.1, 0.15) is 116 Å². The van der Waals surface area contributed by atoms with Crippen molar-refractivity contribution in [2.24, 2.45) is 40.4 Å². The van der Waals surface area contributed by atoms with Crippen molar-refractivity contribution >= 4 is 5.97 Å². The molecule has 4 heteroatoms. The second-order valence-corrected chi connectivity index (χ2v) is 14.2. The van der Waals surface area contributed by atoms with Crippen LogP contribution < -0.4 is 0 Å². The third kappa shape index (κ3) is 5.16. The van der Waals surface area contributed by atoms with Crippen LogP contribution in [0.4, 0.5) is 0 Å². The van der Waals surface area contributed by atoms with Gasteiger partial charge < -0.3 is 9.84 Å². The van der Waals surface area contributed by atoms with Gasteiger partial charge in [-0.2, -0.15) is 0 Å². The predicted molar refractivity (Wildman–Crippen MR) is 148 cm³/mol. The minimum atomic E-state index is -0.544. The van der Waals surface area contributed by atoms with Crippen LogP contribution in [0.5, 0.6) is 0 Å². The molecule has 4 nitrogen and oxygen atoms in total. The lowest BCUT2D eigenvalue weighted by molar-refractivity contribution is -0.0597. The summed E-state index contributed by atoms with van der Waals surface area (Å²) >= 11 is 0. The molecule has 0 radical (unpaired) electrons. The number of esters is 1. The molecule has 5 rings (SSSR count). The molecule has 4 aliphatic carbocycles. The fraction of sp³-hybridized carbons (Fsp3) is 0.758. The van der Waals surface area contributed by atoms with Gasteiger partial charge in [0.15, 0.2) is 0 Å². The van der Waals surface area contributed by atoms with Gasteiger partial charge in [-0.25, -0.2) is 9.78 Å². The van der Waals surface area contributed by atoms with Crippen molar-refractivity contribution in [3.8, 4) is 0 Å². The van der Waals surface area contributed by atoms with Crippen molar-refractivity contribution in [2.75, 3.05) is 0 Å². The zero-order chi connectivity index (χ0) is 26.4. The van der Waals surface area contributed by atoms with Gasteiger partial charge in [0.25, 0.3) is 0 Å². The number of fused-ring (bicyclic) bond motifs is 5. The first-order valence-electron chi connectivity index (χ1n) is 15.1. The van der Waals surface area contributed by atoms with Crippen LogP contribution in [-0.4, -0.2) is 27.8 Å². The summed E-state index contributed by atoms with van der Waals surface area (Å²) in [5.74, 6) is 3.67. The minimum absolute atomic E-state index is 0.0279. The molecule has 0 aromatic carbocycles. The monoisotopic (exact) mass is 507 g/mol. The molecule has 4 aliphatic rings. The normalized spacial score (nSPS) is 38.1. The molecule has 1 aromatic rings. The van der Waals surface area contributed by atoms with Gasteiger partial charge in [0.2, 0.25) is 0 Å². The topological polar surface area (TPSA) is 59.4 Å². The third-order valence-corrected chi connectivity index (χ3v) is 11.4. The highest BCUT2D eigenvalue weighted by molar-refractivity contribution is 5.87. The van der Waals surface area contributed by atoms with Crippen LogP contribution in [0.25, 0.3) is 0 Å². The quantitative estimate of drug-likeness (QED) is 0.303. The highest BCUT2D eigenvalue weighted by Gasteiger charge is 2.59. The number of ether oxygens (including phenoxy) is 1. The Labute approximate surface area is 224 Å². The molecular weight excluding hydrogens is 458 g/mol. The molecule has 0 amide bonds. The fourth-order valence-electron chi connectivity index (χ4n) is 9.46. The first-order chi connectivity index (χ1) is 17.5. The van der Waals surface area contributed by atoms with Crippen molar-refractivity contribution < 1.29 is 14.6 Å². The zero-order valence-electron chi connectivity index (χ0n) is 23.8. The van der Waals surface area contributed by atoms with Crippen molar-refractivity contribution in [3.63, 3.8) is 0 Å². The first-order valence-corrected chi connectivity index (χ1v) is 15.1. The van der Waals surface area contributed by atoms with Crippen LogP contribution in [-0.2, 0) is 4.74 Å². The molecule has 0 aliphatic heterocycles. The molecule has 8 atom stereocenters. The molecule has 8 unspecified atom stereocenters. The Hall–Kier alpha value is -1.68. The van der Waals surface area contributed by atoms with Gasteiger partial charge in [-0.05, 0) is 118 Å². The lowest BCUT2D eigenvalue weighted by Crippen LogP contribution is -2.51. The molecule has 0 spiro atoms. The van der Waals surface area contributed by atoms with Crippen LogP contribution >= 0.6 is 0 Å². The maximum Gasteiger partial charge on any atom is 0.357 e. The van der Waals surface area contributed by atoms with E-state index in [4.69, 9.17) is 4.74 Å². The second-order valence-electron chi connectivity index (χ2n) is 14.2.